The lowest BCUT2D eigenvalue weighted by molar-refractivity contribution is 0.251. The average molecular weight is 393 g/mol. The summed E-state index contributed by atoms with van der Waals surface area (Å²) in [6.45, 7) is 1.86. The highest BCUT2D eigenvalue weighted by atomic mass is 16.5. The van der Waals surface area contributed by atoms with Gasteiger partial charge in [0, 0.05) is 31.9 Å². The second-order valence-electron chi connectivity index (χ2n) is 7.04. The number of hydrogen-bond donors (Lipinski definition) is 2. The number of likely N-dealkylation sites (N-methyl/N-ethyl adjacent to an activating group) is 1. The van der Waals surface area contributed by atoms with E-state index in [0.717, 1.165) is 29.0 Å². The Hall–Kier alpha value is -3.32. The Morgan fingerprint density at radius 2 is 1.93 bits per heavy atom. The number of hydrogen-bond acceptors (Lipinski definition) is 4. The van der Waals surface area contributed by atoms with E-state index in [9.17, 15) is 4.79 Å². The van der Waals surface area contributed by atoms with Crippen molar-refractivity contribution in [1.29, 1.82) is 0 Å². The highest BCUT2D eigenvalue weighted by molar-refractivity contribution is 5.92. The molecule has 0 aliphatic rings. The summed E-state index contributed by atoms with van der Waals surface area (Å²) in [6, 6.07) is 17.3. The van der Waals surface area contributed by atoms with Crippen molar-refractivity contribution in [2.75, 3.05) is 32.6 Å². The number of carbonyl (C=O) groups excluding carboxylic acids is 1. The summed E-state index contributed by atoms with van der Waals surface area (Å²) in [5.74, 6) is 1.32. The predicted octanol–water partition coefficient (Wildman–Crippen LogP) is 3.35. The van der Waals surface area contributed by atoms with Crippen molar-refractivity contribution >= 4 is 11.8 Å². The number of anilines is 1. The summed E-state index contributed by atoms with van der Waals surface area (Å²) in [5.41, 5.74) is 2.84. The Morgan fingerprint density at radius 1 is 1.14 bits per heavy atom. The zero-order chi connectivity index (χ0) is 20.6. The number of aryl methyl sites for hydroxylation is 1. The van der Waals surface area contributed by atoms with Gasteiger partial charge in [-0.1, -0.05) is 42.5 Å². The second-order valence-corrected chi connectivity index (χ2v) is 7.04. The van der Waals surface area contributed by atoms with Gasteiger partial charge in [0.25, 0.3) is 0 Å². The maximum Gasteiger partial charge on any atom is 0.320 e. The molecule has 3 aromatic rings. The molecular formula is C22H27N5O2. The zero-order valence-corrected chi connectivity index (χ0v) is 17.1. The van der Waals surface area contributed by atoms with Gasteiger partial charge in [-0.25, -0.2) is 4.79 Å². The van der Waals surface area contributed by atoms with Crippen molar-refractivity contribution in [2.24, 2.45) is 7.05 Å². The fourth-order valence-corrected chi connectivity index (χ4v) is 2.84. The zero-order valence-electron chi connectivity index (χ0n) is 17.1. The molecular weight excluding hydrogens is 366 g/mol. The molecule has 0 aliphatic heterocycles. The fourth-order valence-electron chi connectivity index (χ4n) is 2.84. The van der Waals surface area contributed by atoms with E-state index >= 15 is 0 Å². The first-order chi connectivity index (χ1) is 14.0. The molecule has 0 bridgehead atoms. The Morgan fingerprint density at radius 3 is 2.69 bits per heavy atom. The summed E-state index contributed by atoms with van der Waals surface area (Å²) < 4.78 is 7.43. The van der Waals surface area contributed by atoms with Crippen LogP contribution >= 0.6 is 0 Å². The standard InChI is InChI=1S/C22H27N5O2/c1-26(2)12-13-29-19-11-7-8-17(14-19)15-23-22(28)24-21-20(16-27(3)25-21)18-9-5-4-6-10-18/h4-11,14,16H,12-13,15H2,1-3H3,(H2,23,24,25,28). The maximum atomic E-state index is 12.4. The third-order valence-corrected chi connectivity index (χ3v) is 4.30. The minimum Gasteiger partial charge on any atom is -0.492 e. The molecule has 7 nitrogen and oxygen atoms in total. The SMILES string of the molecule is CN(C)CCOc1cccc(CNC(=O)Nc2nn(C)cc2-c2ccccc2)c1. The number of amides is 2. The minimum absolute atomic E-state index is 0.306. The van der Waals surface area contributed by atoms with Gasteiger partial charge in [0.2, 0.25) is 0 Å². The molecule has 7 heteroatoms. The lowest BCUT2D eigenvalue weighted by Gasteiger charge is -2.12. The van der Waals surface area contributed by atoms with E-state index in [-0.39, 0.29) is 6.03 Å². The number of nitrogens with one attached hydrogen (secondary N) is 2. The minimum atomic E-state index is -0.306. The Bertz CT molecular complexity index is 937. The molecule has 0 spiro atoms. The second kappa shape index (κ2) is 9.75. The van der Waals surface area contributed by atoms with E-state index in [1.165, 1.54) is 0 Å². The van der Waals surface area contributed by atoms with Crippen LogP contribution in [0.5, 0.6) is 5.75 Å². The Kier molecular flexibility index (Phi) is 6.86. The normalized spacial score (nSPS) is 10.8. The highest BCUT2D eigenvalue weighted by Crippen LogP contribution is 2.26. The van der Waals surface area contributed by atoms with E-state index in [1.807, 2.05) is 81.9 Å². The van der Waals surface area contributed by atoms with Crippen LogP contribution in [0.25, 0.3) is 11.1 Å². The van der Waals surface area contributed by atoms with Crippen molar-refractivity contribution in [1.82, 2.24) is 20.0 Å². The molecule has 29 heavy (non-hydrogen) atoms. The van der Waals surface area contributed by atoms with Gasteiger partial charge in [-0.05, 0) is 37.4 Å². The largest absolute Gasteiger partial charge is 0.492 e. The van der Waals surface area contributed by atoms with E-state index in [2.05, 4.69) is 20.6 Å². The van der Waals surface area contributed by atoms with Crippen molar-refractivity contribution in [3.63, 3.8) is 0 Å². The van der Waals surface area contributed by atoms with Crippen molar-refractivity contribution in [3.05, 3.63) is 66.4 Å². The molecule has 3 rings (SSSR count). The van der Waals surface area contributed by atoms with E-state index in [4.69, 9.17) is 4.74 Å². The molecule has 0 radical (unpaired) electrons. The molecule has 152 valence electrons. The molecule has 0 saturated heterocycles. The van der Waals surface area contributed by atoms with Crippen LogP contribution in [-0.4, -0.2) is 48.0 Å². The summed E-state index contributed by atoms with van der Waals surface area (Å²) in [7, 11) is 5.84. The van der Waals surface area contributed by atoms with Crippen LogP contribution in [0.4, 0.5) is 10.6 Å². The average Bonchev–Trinajstić information content (AvgIpc) is 3.07. The van der Waals surface area contributed by atoms with Gasteiger partial charge in [-0.15, -0.1) is 0 Å². The smallest absolute Gasteiger partial charge is 0.320 e. The van der Waals surface area contributed by atoms with Gasteiger partial charge in [0.15, 0.2) is 5.82 Å². The van der Waals surface area contributed by atoms with E-state index in [1.54, 1.807) is 4.68 Å². The Balaban J connectivity index is 1.57. The lowest BCUT2D eigenvalue weighted by Crippen LogP contribution is -2.28. The molecule has 2 amide bonds. The molecule has 0 aliphatic carbocycles. The van der Waals surface area contributed by atoms with Gasteiger partial charge >= 0.3 is 6.03 Å². The van der Waals surface area contributed by atoms with Crippen LogP contribution in [0.3, 0.4) is 0 Å². The van der Waals surface area contributed by atoms with Gasteiger partial charge < -0.3 is 15.0 Å². The van der Waals surface area contributed by atoms with E-state index < -0.39 is 0 Å². The summed E-state index contributed by atoms with van der Waals surface area (Å²) >= 11 is 0. The first-order valence-corrected chi connectivity index (χ1v) is 9.51. The lowest BCUT2D eigenvalue weighted by atomic mass is 10.1. The first-order valence-electron chi connectivity index (χ1n) is 9.51. The fraction of sp³-hybridized carbons (Fsp3) is 0.273. The van der Waals surface area contributed by atoms with Crippen LogP contribution < -0.4 is 15.4 Å². The van der Waals surface area contributed by atoms with Gasteiger partial charge in [0.05, 0.1) is 0 Å². The van der Waals surface area contributed by atoms with Crippen molar-refractivity contribution < 1.29 is 9.53 Å². The van der Waals surface area contributed by atoms with Gasteiger partial charge in [-0.2, -0.15) is 5.10 Å². The number of aromatic nitrogens is 2. The quantitative estimate of drug-likeness (QED) is 0.616. The van der Waals surface area contributed by atoms with Crippen LogP contribution in [0.2, 0.25) is 0 Å². The van der Waals surface area contributed by atoms with Crippen LogP contribution in [0.15, 0.2) is 60.8 Å². The Labute approximate surface area is 171 Å². The third-order valence-electron chi connectivity index (χ3n) is 4.30. The third kappa shape index (κ3) is 6.08. The number of benzene rings is 2. The van der Waals surface area contributed by atoms with Crippen LogP contribution in [0.1, 0.15) is 5.56 Å². The number of ether oxygens (including phenoxy) is 1. The number of rotatable bonds is 8. The van der Waals surface area contributed by atoms with Gasteiger partial charge in [-0.3, -0.25) is 10.00 Å². The number of carbonyl (C=O) groups is 1. The van der Waals surface area contributed by atoms with Crippen molar-refractivity contribution in [2.45, 2.75) is 6.54 Å². The topological polar surface area (TPSA) is 71.4 Å². The van der Waals surface area contributed by atoms with Crippen LogP contribution in [0, 0.1) is 0 Å². The summed E-state index contributed by atoms with van der Waals surface area (Å²) in [4.78, 5) is 14.5. The number of nitrogens with zero attached hydrogens (tertiary/aromatic N) is 3. The molecule has 0 saturated carbocycles. The van der Waals surface area contributed by atoms with E-state index in [0.29, 0.717) is 19.0 Å². The predicted molar refractivity (Wildman–Crippen MR) is 115 cm³/mol. The number of urea groups is 1. The molecule has 1 aromatic heterocycles. The molecule has 0 atom stereocenters. The first kappa shape index (κ1) is 20.4. The van der Waals surface area contributed by atoms with Crippen LogP contribution in [-0.2, 0) is 13.6 Å². The molecule has 0 unspecified atom stereocenters. The summed E-state index contributed by atoms with van der Waals surface area (Å²) in [5, 5.41) is 10.1. The summed E-state index contributed by atoms with van der Waals surface area (Å²) in [6.07, 6.45) is 1.89. The van der Waals surface area contributed by atoms with Gasteiger partial charge in [0.1, 0.15) is 12.4 Å². The molecule has 2 N–H and O–H groups in total. The maximum absolute atomic E-state index is 12.4. The highest BCUT2D eigenvalue weighted by Gasteiger charge is 2.12. The molecule has 0 fully saturated rings. The van der Waals surface area contributed by atoms with Crippen molar-refractivity contribution in [3.8, 4) is 16.9 Å². The molecule has 2 aromatic carbocycles. The molecule has 1 heterocycles. The monoisotopic (exact) mass is 393 g/mol.